The van der Waals surface area contributed by atoms with Gasteiger partial charge in [-0.1, -0.05) is 18.2 Å². The highest BCUT2D eigenvalue weighted by Crippen LogP contribution is 2.38. The Balaban J connectivity index is 1.99. The highest BCUT2D eigenvalue weighted by Gasteiger charge is 2.14. The molecule has 31 heavy (non-hydrogen) atoms. The Morgan fingerprint density at radius 3 is 2.16 bits per heavy atom. The molecular formula is C22H31N3O5S. The zero-order chi connectivity index (χ0) is 22.7. The maximum Gasteiger partial charge on any atom is 0.203 e. The third-order valence-corrected chi connectivity index (χ3v) is 6.29. The van der Waals surface area contributed by atoms with Gasteiger partial charge in [-0.15, -0.1) is 0 Å². The molecule has 0 aromatic heterocycles. The van der Waals surface area contributed by atoms with Crippen molar-refractivity contribution in [2.45, 2.75) is 24.8 Å². The molecule has 0 amide bonds. The summed E-state index contributed by atoms with van der Waals surface area (Å²) in [6.45, 7) is 3.52. The number of benzene rings is 2. The lowest BCUT2D eigenvalue weighted by atomic mass is 10.2. The molecular weight excluding hydrogens is 418 g/mol. The third kappa shape index (κ3) is 7.06. The van der Waals surface area contributed by atoms with E-state index in [0.29, 0.717) is 54.2 Å². The van der Waals surface area contributed by atoms with Gasteiger partial charge in [-0.05, 0) is 43.2 Å². The van der Waals surface area contributed by atoms with Crippen molar-refractivity contribution in [3.05, 3.63) is 48.0 Å². The largest absolute Gasteiger partial charge is 0.493 e. The number of ether oxygens (including phenoxy) is 3. The molecule has 170 valence electrons. The number of nitrogens with one attached hydrogen (secondary N) is 2. The molecule has 0 radical (unpaired) electrons. The summed E-state index contributed by atoms with van der Waals surface area (Å²) in [6.07, 6.45) is 0.464. The maximum absolute atomic E-state index is 12.4. The van der Waals surface area contributed by atoms with Crippen molar-refractivity contribution in [1.82, 2.24) is 10.6 Å². The molecule has 8 nitrogen and oxygen atoms in total. The molecule has 0 spiro atoms. The predicted octanol–water partition coefficient (Wildman–Crippen LogP) is 2.63. The molecule has 0 saturated heterocycles. The average Bonchev–Trinajstić information content (AvgIpc) is 2.79. The van der Waals surface area contributed by atoms with E-state index in [1.54, 1.807) is 51.7 Å². The summed E-state index contributed by atoms with van der Waals surface area (Å²) in [7, 11) is 1.41. The highest BCUT2D eigenvalue weighted by atomic mass is 32.2. The second kappa shape index (κ2) is 12.0. The Bertz CT molecular complexity index is 937. The molecule has 0 bridgehead atoms. The minimum absolute atomic E-state index is 0.0658. The van der Waals surface area contributed by atoms with Gasteiger partial charge in [0, 0.05) is 13.1 Å². The van der Waals surface area contributed by atoms with E-state index in [1.165, 1.54) is 0 Å². The summed E-state index contributed by atoms with van der Waals surface area (Å²) in [6, 6.07) is 12.2. The van der Waals surface area contributed by atoms with Crippen LogP contribution in [0.3, 0.4) is 0 Å². The minimum Gasteiger partial charge on any atom is -0.493 e. The molecule has 2 N–H and O–H groups in total. The van der Waals surface area contributed by atoms with Gasteiger partial charge < -0.3 is 24.8 Å². The number of hydrogen-bond acceptors (Lipinski definition) is 6. The van der Waals surface area contributed by atoms with Gasteiger partial charge in [0.1, 0.15) is 0 Å². The topological polar surface area (TPSA) is 98.2 Å². The summed E-state index contributed by atoms with van der Waals surface area (Å²) >= 11 is 0. The van der Waals surface area contributed by atoms with Gasteiger partial charge in [-0.2, -0.15) is 0 Å². The SMILES string of the molecule is CCNC(=NCc1cc(OC)c(OC)c(OC)c1)NCCCS(=O)(=O)c1ccccc1. The molecule has 0 heterocycles. The van der Waals surface area contributed by atoms with Crippen LogP contribution in [-0.4, -0.2) is 54.5 Å². The molecule has 2 rings (SSSR count). The number of methoxy groups -OCH3 is 3. The number of sulfone groups is 1. The lowest BCUT2D eigenvalue weighted by Crippen LogP contribution is -2.38. The zero-order valence-electron chi connectivity index (χ0n) is 18.5. The van der Waals surface area contributed by atoms with E-state index in [1.807, 2.05) is 19.1 Å². The predicted molar refractivity (Wildman–Crippen MR) is 122 cm³/mol. The zero-order valence-corrected chi connectivity index (χ0v) is 19.3. The smallest absolute Gasteiger partial charge is 0.203 e. The molecule has 0 saturated carbocycles. The summed E-state index contributed by atoms with van der Waals surface area (Å²) in [4.78, 5) is 4.92. The van der Waals surface area contributed by atoms with Gasteiger partial charge in [-0.3, -0.25) is 0 Å². The van der Waals surface area contributed by atoms with Crippen molar-refractivity contribution in [2.24, 2.45) is 4.99 Å². The lowest BCUT2D eigenvalue weighted by molar-refractivity contribution is 0.324. The van der Waals surface area contributed by atoms with Crippen molar-refractivity contribution in [2.75, 3.05) is 40.2 Å². The van der Waals surface area contributed by atoms with Gasteiger partial charge in [0.05, 0.1) is 38.5 Å². The van der Waals surface area contributed by atoms with E-state index in [-0.39, 0.29) is 5.75 Å². The molecule has 0 aliphatic heterocycles. The first kappa shape index (κ1) is 24.3. The highest BCUT2D eigenvalue weighted by molar-refractivity contribution is 7.91. The van der Waals surface area contributed by atoms with Gasteiger partial charge in [0.25, 0.3) is 0 Å². The van der Waals surface area contributed by atoms with Crippen molar-refractivity contribution < 1.29 is 22.6 Å². The quantitative estimate of drug-likeness (QED) is 0.309. The third-order valence-electron chi connectivity index (χ3n) is 4.47. The molecule has 0 fully saturated rings. The fraction of sp³-hybridized carbons (Fsp3) is 0.409. The van der Waals surface area contributed by atoms with Crippen LogP contribution >= 0.6 is 0 Å². The average molecular weight is 450 g/mol. The van der Waals surface area contributed by atoms with Crippen molar-refractivity contribution in [3.63, 3.8) is 0 Å². The van der Waals surface area contributed by atoms with Crippen LogP contribution in [0, 0.1) is 0 Å². The second-order valence-corrected chi connectivity index (χ2v) is 8.75. The maximum atomic E-state index is 12.4. The Kier molecular flexibility index (Phi) is 9.45. The Hall–Kier alpha value is -2.94. The second-order valence-electron chi connectivity index (χ2n) is 6.64. The van der Waals surface area contributed by atoms with Gasteiger partial charge >= 0.3 is 0 Å². The van der Waals surface area contributed by atoms with E-state index in [2.05, 4.69) is 15.6 Å². The Morgan fingerprint density at radius 2 is 1.61 bits per heavy atom. The van der Waals surface area contributed by atoms with Crippen LogP contribution in [0.2, 0.25) is 0 Å². The van der Waals surface area contributed by atoms with Crippen LogP contribution in [0.1, 0.15) is 18.9 Å². The van der Waals surface area contributed by atoms with Crippen molar-refractivity contribution >= 4 is 15.8 Å². The van der Waals surface area contributed by atoms with Crippen molar-refractivity contribution in [1.29, 1.82) is 0 Å². The lowest BCUT2D eigenvalue weighted by Gasteiger charge is -2.14. The number of hydrogen-bond donors (Lipinski definition) is 2. The Labute approximate surface area is 184 Å². The first-order chi connectivity index (χ1) is 14.9. The van der Waals surface area contributed by atoms with E-state index in [4.69, 9.17) is 14.2 Å². The van der Waals surface area contributed by atoms with Crippen LogP contribution in [-0.2, 0) is 16.4 Å². The van der Waals surface area contributed by atoms with E-state index < -0.39 is 9.84 Å². The van der Waals surface area contributed by atoms with E-state index in [0.717, 1.165) is 5.56 Å². The van der Waals surface area contributed by atoms with Crippen LogP contribution < -0.4 is 24.8 Å². The minimum atomic E-state index is -3.29. The molecule has 9 heteroatoms. The molecule has 2 aromatic carbocycles. The standard InChI is InChI=1S/C22H31N3O5S/c1-5-23-22(24-12-9-13-31(26,27)18-10-7-6-8-11-18)25-16-17-14-19(28-2)21(30-4)20(15-17)29-3/h6-8,10-11,14-15H,5,9,12-13,16H2,1-4H3,(H2,23,24,25). The first-order valence-corrected chi connectivity index (χ1v) is 11.7. The van der Waals surface area contributed by atoms with E-state index in [9.17, 15) is 8.42 Å². The molecule has 0 aliphatic carbocycles. The number of nitrogens with zero attached hydrogens (tertiary/aromatic N) is 1. The molecule has 0 atom stereocenters. The monoisotopic (exact) mass is 449 g/mol. The summed E-state index contributed by atoms with van der Waals surface area (Å²) in [5.41, 5.74) is 0.887. The summed E-state index contributed by atoms with van der Waals surface area (Å²) in [5.74, 6) is 2.33. The first-order valence-electron chi connectivity index (χ1n) is 10.0. The Morgan fingerprint density at radius 1 is 0.968 bits per heavy atom. The van der Waals surface area contributed by atoms with Gasteiger partial charge in [0.15, 0.2) is 27.3 Å². The van der Waals surface area contributed by atoms with Crippen LogP contribution in [0.15, 0.2) is 52.4 Å². The van der Waals surface area contributed by atoms with Gasteiger partial charge in [-0.25, -0.2) is 13.4 Å². The molecule has 0 unspecified atom stereocenters. The normalized spacial score (nSPS) is 11.7. The fourth-order valence-electron chi connectivity index (χ4n) is 2.95. The number of aliphatic imine (C=N–C) groups is 1. The summed E-state index contributed by atoms with van der Waals surface area (Å²) in [5, 5.41) is 6.35. The molecule has 0 aliphatic rings. The van der Waals surface area contributed by atoms with E-state index >= 15 is 0 Å². The van der Waals surface area contributed by atoms with Crippen LogP contribution in [0.5, 0.6) is 17.2 Å². The summed E-state index contributed by atoms with van der Waals surface area (Å²) < 4.78 is 40.9. The number of guanidine groups is 1. The van der Waals surface area contributed by atoms with Crippen LogP contribution in [0.25, 0.3) is 0 Å². The number of rotatable bonds is 11. The molecule has 2 aromatic rings. The van der Waals surface area contributed by atoms with Crippen LogP contribution in [0.4, 0.5) is 0 Å². The van der Waals surface area contributed by atoms with Gasteiger partial charge in [0.2, 0.25) is 5.75 Å². The fourth-order valence-corrected chi connectivity index (χ4v) is 4.29. The van der Waals surface area contributed by atoms with Crippen molar-refractivity contribution in [3.8, 4) is 17.2 Å².